The van der Waals surface area contributed by atoms with Gasteiger partial charge in [-0.05, 0) is 68.8 Å². The number of esters is 1. The second-order valence-corrected chi connectivity index (χ2v) is 7.83. The lowest BCUT2D eigenvalue weighted by Crippen LogP contribution is -2.05. The number of aromatic nitrogens is 1. The molecule has 0 aliphatic carbocycles. The van der Waals surface area contributed by atoms with E-state index in [-0.39, 0.29) is 16.6 Å². The first-order valence-electron chi connectivity index (χ1n) is 10.3. The Hall–Kier alpha value is -3.38. The van der Waals surface area contributed by atoms with Crippen molar-refractivity contribution < 1.29 is 19.4 Å². The molecule has 2 aromatic carbocycles. The molecule has 0 unspecified atom stereocenters. The molecule has 166 valence electrons. The van der Waals surface area contributed by atoms with Gasteiger partial charge in [0.05, 0.1) is 28.4 Å². The monoisotopic (exact) mass is 452 g/mol. The number of carboxylic acids is 1. The van der Waals surface area contributed by atoms with Crippen LogP contribution in [0.5, 0.6) is 0 Å². The Bertz CT molecular complexity index is 1160. The van der Waals surface area contributed by atoms with Gasteiger partial charge in [-0.2, -0.15) is 0 Å². The van der Waals surface area contributed by atoms with Crippen molar-refractivity contribution >= 4 is 35.4 Å². The van der Waals surface area contributed by atoms with Crippen molar-refractivity contribution in [3.8, 4) is 5.69 Å². The number of hydrogen-bond acceptors (Lipinski definition) is 4. The Morgan fingerprint density at radius 1 is 1.12 bits per heavy atom. The molecule has 0 bridgehead atoms. The van der Waals surface area contributed by atoms with Crippen molar-refractivity contribution in [2.24, 2.45) is 4.99 Å². The highest BCUT2D eigenvalue weighted by Gasteiger charge is 2.14. The molecule has 0 saturated carbocycles. The number of rotatable bonds is 8. The molecule has 0 radical (unpaired) electrons. The summed E-state index contributed by atoms with van der Waals surface area (Å²) in [6.07, 6.45) is 3.57. The van der Waals surface area contributed by atoms with Gasteiger partial charge in [0.2, 0.25) is 0 Å². The maximum atomic E-state index is 12.0. The van der Waals surface area contributed by atoms with Crippen molar-refractivity contribution in [2.45, 2.75) is 33.6 Å². The highest BCUT2D eigenvalue weighted by molar-refractivity contribution is 6.33. The number of carbonyl (C=O) groups is 2. The highest BCUT2D eigenvalue weighted by Crippen LogP contribution is 2.25. The highest BCUT2D eigenvalue weighted by atomic mass is 35.5. The Labute approximate surface area is 192 Å². The summed E-state index contributed by atoms with van der Waals surface area (Å²) in [6, 6.07) is 13.8. The first-order valence-corrected chi connectivity index (χ1v) is 10.7. The molecule has 0 aliphatic rings. The predicted molar refractivity (Wildman–Crippen MR) is 126 cm³/mol. The van der Waals surface area contributed by atoms with Gasteiger partial charge < -0.3 is 14.4 Å². The second kappa shape index (κ2) is 10.3. The van der Waals surface area contributed by atoms with E-state index in [0.29, 0.717) is 23.5 Å². The summed E-state index contributed by atoms with van der Waals surface area (Å²) in [5, 5.41) is 9.55. The molecule has 0 amide bonds. The van der Waals surface area contributed by atoms with E-state index >= 15 is 0 Å². The van der Waals surface area contributed by atoms with Crippen molar-refractivity contribution in [1.29, 1.82) is 0 Å². The van der Waals surface area contributed by atoms with Crippen LogP contribution in [0.1, 0.15) is 57.4 Å². The van der Waals surface area contributed by atoms with Crippen LogP contribution in [-0.2, 0) is 4.74 Å². The number of ether oxygens (including phenoxy) is 1. The average Bonchev–Trinajstić information content (AvgIpc) is 3.06. The van der Waals surface area contributed by atoms with Gasteiger partial charge in [-0.3, -0.25) is 4.99 Å². The van der Waals surface area contributed by atoms with E-state index < -0.39 is 5.97 Å². The maximum absolute atomic E-state index is 12.0. The van der Waals surface area contributed by atoms with Crippen LogP contribution >= 0.6 is 11.6 Å². The summed E-state index contributed by atoms with van der Waals surface area (Å²) < 4.78 is 7.17. The summed E-state index contributed by atoms with van der Waals surface area (Å²) in [7, 11) is 0. The molecule has 0 aliphatic heterocycles. The molecule has 32 heavy (non-hydrogen) atoms. The molecule has 0 atom stereocenters. The fraction of sp³-hybridized carbons (Fsp3) is 0.240. The molecule has 1 heterocycles. The molecule has 3 rings (SSSR count). The van der Waals surface area contributed by atoms with Crippen molar-refractivity contribution in [3.05, 3.63) is 81.6 Å². The van der Waals surface area contributed by atoms with Crippen LogP contribution in [0.15, 0.2) is 53.5 Å². The molecule has 0 spiro atoms. The molecule has 1 aromatic heterocycles. The first-order chi connectivity index (χ1) is 15.3. The van der Waals surface area contributed by atoms with E-state index in [1.807, 2.05) is 31.4 Å². The minimum Gasteiger partial charge on any atom is -0.478 e. The Morgan fingerprint density at radius 3 is 2.50 bits per heavy atom. The van der Waals surface area contributed by atoms with Crippen LogP contribution < -0.4 is 0 Å². The summed E-state index contributed by atoms with van der Waals surface area (Å²) in [5.41, 5.74) is 4.73. The molecule has 7 heteroatoms. The second-order valence-electron chi connectivity index (χ2n) is 7.43. The topological polar surface area (TPSA) is 80.9 Å². The van der Waals surface area contributed by atoms with Crippen molar-refractivity contribution in [3.63, 3.8) is 0 Å². The number of hydrogen-bond donors (Lipinski definition) is 1. The zero-order valence-electron chi connectivity index (χ0n) is 18.3. The van der Waals surface area contributed by atoms with Gasteiger partial charge in [-0.25, -0.2) is 9.59 Å². The number of aryl methyl sites for hydroxylation is 1. The number of unbranched alkanes of at least 4 members (excludes halogenated alkanes) is 1. The number of carboxylic acid groups (broad SMARTS) is 1. The molecular formula is C25H25ClN2O4. The van der Waals surface area contributed by atoms with Crippen molar-refractivity contribution in [2.75, 3.05) is 6.61 Å². The van der Waals surface area contributed by atoms with E-state index in [9.17, 15) is 14.7 Å². The Morgan fingerprint density at radius 2 is 1.84 bits per heavy atom. The Balaban J connectivity index is 1.80. The fourth-order valence-corrected chi connectivity index (χ4v) is 3.55. The minimum absolute atomic E-state index is 0.0557. The van der Waals surface area contributed by atoms with Crippen LogP contribution in [0.4, 0.5) is 5.69 Å². The van der Waals surface area contributed by atoms with Gasteiger partial charge in [0.15, 0.2) is 0 Å². The Kier molecular flexibility index (Phi) is 7.49. The van der Waals surface area contributed by atoms with E-state index in [1.54, 1.807) is 48.7 Å². The van der Waals surface area contributed by atoms with E-state index in [1.165, 1.54) is 0 Å². The minimum atomic E-state index is -1.07. The zero-order chi connectivity index (χ0) is 23.3. The molecular weight excluding hydrogens is 428 g/mol. The lowest BCUT2D eigenvalue weighted by atomic mass is 10.2. The number of benzene rings is 2. The molecule has 6 nitrogen and oxygen atoms in total. The standard InChI is InChI=1S/C25H25ClN2O4/c1-4-5-12-32-25(31)18-6-8-20(9-7-18)27-15-19-13-16(2)28(17(19)3)21-10-11-23(26)22(14-21)24(29)30/h6-11,13-15H,4-5,12H2,1-3H3,(H,29,30). The van der Waals surface area contributed by atoms with E-state index in [0.717, 1.165) is 29.8 Å². The zero-order valence-corrected chi connectivity index (χ0v) is 19.0. The van der Waals surface area contributed by atoms with Crippen molar-refractivity contribution in [1.82, 2.24) is 4.57 Å². The SMILES string of the molecule is CCCCOC(=O)c1ccc(N=Cc2cc(C)n(-c3ccc(Cl)c(C(=O)O)c3)c2C)cc1. The van der Waals surface area contributed by atoms with Crippen LogP contribution in [0.2, 0.25) is 5.02 Å². The van der Waals surface area contributed by atoms with Gasteiger partial charge >= 0.3 is 11.9 Å². The number of halogens is 1. The molecule has 3 aromatic rings. The van der Waals surface area contributed by atoms with Gasteiger partial charge in [0.1, 0.15) is 0 Å². The van der Waals surface area contributed by atoms with Crippen LogP contribution in [0.3, 0.4) is 0 Å². The number of aromatic carboxylic acids is 1. The fourth-order valence-electron chi connectivity index (χ4n) is 3.35. The van der Waals surface area contributed by atoms with Crippen LogP contribution in [0.25, 0.3) is 5.69 Å². The quantitative estimate of drug-likeness (QED) is 0.252. The lowest BCUT2D eigenvalue weighted by molar-refractivity contribution is 0.0499. The third-order valence-electron chi connectivity index (χ3n) is 5.10. The third kappa shape index (κ3) is 5.26. The van der Waals surface area contributed by atoms with Gasteiger partial charge in [0, 0.05) is 28.9 Å². The molecule has 0 fully saturated rings. The number of aliphatic imine (C=N–C) groups is 1. The van der Waals surface area contributed by atoms with Crippen LogP contribution in [0, 0.1) is 13.8 Å². The maximum Gasteiger partial charge on any atom is 0.338 e. The predicted octanol–water partition coefficient (Wildman–Crippen LogP) is 6.15. The van der Waals surface area contributed by atoms with Gasteiger partial charge in [-0.15, -0.1) is 0 Å². The average molecular weight is 453 g/mol. The summed E-state index contributed by atoms with van der Waals surface area (Å²) >= 11 is 6.00. The molecule has 1 N–H and O–H groups in total. The van der Waals surface area contributed by atoms with Gasteiger partial charge in [-0.1, -0.05) is 24.9 Å². The van der Waals surface area contributed by atoms with E-state index in [4.69, 9.17) is 16.3 Å². The van der Waals surface area contributed by atoms with Crippen LogP contribution in [-0.4, -0.2) is 34.4 Å². The number of carbonyl (C=O) groups excluding carboxylic acids is 1. The van der Waals surface area contributed by atoms with E-state index in [2.05, 4.69) is 4.99 Å². The lowest BCUT2D eigenvalue weighted by Gasteiger charge is -2.11. The third-order valence-corrected chi connectivity index (χ3v) is 5.43. The molecule has 0 saturated heterocycles. The number of nitrogens with zero attached hydrogens (tertiary/aromatic N) is 2. The largest absolute Gasteiger partial charge is 0.478 e. The first kappa shape index (κ1) is 23.3. The smallest absolute Gasteiger partial charge is 0.338 e. The summed E-state index contributed by atoms with van der Waals surface area (Å²) in [6.45, 7) is 6.35. The van der Waals surface area contributed by atoms with Gasteiger partial charge in [0.25, 0.3) is 0 Å². The summed E-state index contributed by atoms with van der Waals surface area (Å²) in [5.74, 6) is -1.40. The summed E-state index contributed by atoms with van der Waals surface area (Å²) in [4.78, 5) is 28.0. The normalized spacial score (nSPS) is 11.1.